The molecule has 1 unspecified atom stereocenters. The number of hydrogen-bond acceptors (Lipinski definition) is 6. The lowest BCUT2D eigenvalue weighted by molar-refractivity contribution is -0.140. The van der Waals surface area contributed by atoms with Gasteiger partial charge in [0.15, 0.2) is 0 Å². The Hall–Kier alpha value is -3.47. The monoisotopic (exact) mass is 635 g/mol. The molecule has 0 heterocycles. The smallest absolute Gasteiger partial charge is 0.264 e. The zero-order chi connectivity index (χ0) is 31.0. The number of benzene rings is 3. The average molecular weight is 637 g/mol. The van der Waals surface area contributed by atoms with Crippen LogP contribution in [0.2, 0.25) is 10.0 Å². The molecule has 3 rings (SSSR count). The Labute approximate surface area is 257 Å². The number of sulfonamides is 1. The number of halogens is 2. The molecule has 1 atom stereocenters. The van der Waals surface area contributed by atoms with E-state index in [1.807, 2.05) is 13.8 Å². The van der Waals surface area contributed by atoms with Crippen LogP contribution in [0.25, 0.3) is 0 Å². The van der Waals surface area contributed by atoms with E-state index in [-0.39, 0.29) is 41.2 Å². The van der Waals surface area contributed by atoms with Gasteiger partial charge in [-0.3, -0.25) is 13.9 Å². The molecule has 0 aliphatic heterocycles. The van der Waals surface area contributed by atoms with E-state index in [0.29, 0.717) is 21.4 Å². The lowest BCUT2D eigenvalue weighted by Gasteiger charge is -2.34. The molecule has 0 aromatic heterocycles. The number of nitrogens with zero attached hydrogens (tertiary/aromatic N) is 2. The summed E-state index contributed by atoms with van der Waals surface area (Å²) in [6.07, 6.45) is 0.267. The van der Waals surface area contributed by atoms with Crippen molar-refractivity contribution in [3.8, 4) is 11.5 Å². The summed E-state index contributed by atoms with van der Waals surface area (Å²) in [6.45, 7) is 4.70. The molecule has 0 saturated heterocycles. The number of anilines is 1. The standard InChI is InChI=1S/C30H35Cl2N3O6S/c1-6-26(30(37)33-20(2)3)34(18-21-12-13-22(31)16-25(21)32)29(36)19-35(42(38,39)24-10-8-7-9-11-24)27-17-23(40-4)14-15-28(27)41-5/h7-17,20,26H,6,18-19H2,1-5H3,(H,33,37). The van der Waals surface area contributed by atoms with E-state index >= 15 is 0 Å². The van der Waals surface area contributed by atoms with Gasteiger partial charge in [0.2, 0.25) is 11.8 Å². The van der Waals surface area contributed by atoms with E-state index in [9.17, 15) is 18.0 Å². The zero-order valence-electron chi connectivity index (χ0n) is 24.1. The van der Waals surface area contributed by atoms with Crippen LogP contribution in [0.5, 0.6) is 11.5 Å². The fourth-order valence-electron chi connectivity index (χ4n) is 4.36. The van der Waals surface area contributed by atoms with Crippen molar-refractivity contribution in [3.63, 3.8) is 0 Å². The highest BCUT2D eigenvalue weighted by Gasteiger charge is 2.35. The number of methoxy groups -OCH3 is 2. The van der Waals surface area contributed by atoms with E-state index in [0.717, 1.165) is 4.31 Å². The molecule has 0 aliphatic carbocycles. The first-order chi connectivity index (χ1) is 19.9. The van der Waals surface area contributed by atoms with Crippen molar-refractivity contribution >= 4 is 50.7 Å². The van der Waals surface area contributed by atoms with Gasteiger partial charge < -0.3 is 19.7 Å². The van der Waals surface area contributed by atoms with Gasteiger partial charge in [-0.05, 0) is 62.2 Å². The van der Waals surface area contributed by atoms with Crippen LogP contribution in [-0.2, 0) is 26.2 Å². The minimum absolute atomic E-state index is 0.0282. The Balaban J connectivity index is 2.16. The SMILES string of the molecule is CCC(C(=O)NC(C)C)N(Cc1ccc(Cl)cc1Cl)C(=O)CN(c1cc(OC)ccc1OC)S(=O)(=O)c1ccccc1. The van der Waals surface area contributed by atoms with Crippen LogP contribution in [0.4, 0.5) is 5.69 Å². The molecule has 0 radical (unpaired) electrons. The summed E-state index contributed by atoms with van der Waals surface area (Å²) in [6, 6.07) is 16.2. The first-order valence-corrected chi connectivity index (χ1v) is 15.5. The van der Waals surface area contributed by atoms with Crippen LogP contribution < -0.4 is 19.1 Å². The second kappa shape index (κ2) is 14.6. The summed E-state index contributed by atoms with van der Waals surface area (Å²) in [4.78, 5) is 28.8. The van der Waals surface area contributed by atoms with Gasteiger partial charge >= 0.3 is 0 Å². The quantitative estimate of drug-likeness (QED) is 0.264. The van der Waals surface area contributed by atoms with Gasteiger partial charge in [0, 0.05) is 28.7 Å². The molecule has 3 aromatic carbocycles. The van der Waals surface area contributed by atoms with E-state index in [2.05, 4.69) is 5.32 Å². The number of amides is 2. The van der Waals surface area contributed by atoms with Crippen LogP contribution in [-0.4, -0.2) is 58.0 Å². The van der Waals surface area contributed by atoms with Crippen LogP contribution in [0.1, 0.15) is 32.8 Å². The van der Waals surface area contributed by atoms with E-state index in [1.165, 1.54) is 37.3 Å². The minimum Gasteiger partial charge on any atom is -0.497 e. The van der Waals surface area contributed by atoms with Crippen LogP contribution in [0.3, 0.4) is 0 Å². The minimum atomic E-state index is -4.29. The number of ether oxygens (including phenoxy) is 2. The van der Waals surface area contributed by atoms with Crippen molar-refractivity contribution in [2.45, 2.75) is 50.7 Å². The second-order valence-corrected chi connectivity index (χ2v) is 12.4. The average Bonchev–Trinajstić information content (AvgIpc) is 2.96. The van der Waals surface area contributed by atoms with E-state index in [1.54, 1.807) is 55.5 Å². The second-order valence-electron chi connectivity index (χ2n) is 9.71. The maximum atomic E-state index is 14.2. The Morgan fingerprint density at radius 1 is 0.952 bits per heavy atom. The lowest BCUT2D eigenvalue weighted by Crippen LogP contribution is -2.53. The zero-order valence-corrected chi connectivity index (χ0v) is 26.5. The number of hydrogen-bond donors (Lipinski definition) is 1. The third kappa shape index (κ3) is 7.87. The molecule has 0 fully saturated rings. The molecular weight excluding hydrogens is 601 g/mol. The van der Waals surface area contributed by atoms with Crippen molar-refractivity contribution in [2.24, 2.45) is 0 Å². The predicted molar refractivity (Wildman–Crippen MR) is 165 cm³/mol. The van der Waals surface area contributed by atoms with Crippen LogP contribution in [0.15, 0.2) is 71.6 Å². The summed E-state index contributed by atoms with van der Waals surface area (Å²) in [7, 11) is -1.44. The Morgan fingerprint density at radius 2 is 1.64 bits per heavy atom. The molecule has 42 heavy (non-hydrogen) atoms. The number of carbonyl (C=O) groups excluding carboxylic acids is 2. The Morgan fingerprint density at radius 3 is 2.21 bits per heavy atom. The molecular formula is C30H35Cl2N3O6S. The van der Waals surface area contributed by atoms with Gasteiger partial charge in [-0.1, -0.05) is 54.4 Å². The highest BCUT2D eigenvalue weighted by atomic mass is 35.5. The van der Waals surface area contributed by atoms with Gasteiger partial charge in [-0.25, -0.2) is 8.42 Å². The summed E-state index contributed by atoms with van der Waals surface area (Å²) in [5, 5.41) is 3.58. The number of rotatable bonds is 13. The van der Waals surface area contributed by atoms with Crippen LogP contribution in [0, 0.1) is 0 Å². The molecule has 1 N–H and O–H groups in total. The topological polar surface area (TPSA) is 105 Å². The predicted octanol–water partition coefficient (Wildman–Crippen LogP) is 5.54. The highest BCUT2D eigenvalue weighted by Crippen LogP contribution is 2.36. The van der Waals surface area contributed by atoms with Gasteiger partial charge in [0.25, 0.3) is 10.0 Å². The fourth-order valence-corrected chi connectivity index (χ4v) is 6.26. The first kappa shape index (κ1) is 33.0. The Kier molecular flexibility index (Phi) is 11.5. The van der Waals surface area contributed by atoms with E-state index < -0.39 is 28.5 Å². The van der Waals surface area contributed by atoms with Crippen molar-refractivity contribution in [1.29, 1.82) is 0 Å². The van der Waals surface area contributed by atoms with Crippen molar-refractivity contribution in [3.05, 3.63) is 82.3 Å². The molecule has 0 aliphatic rings. The summed E-state index contributed by atoms with van der Waals surface area (Å²) >= 11 is 12.5. The van der Waals surface area contributed by atoms with Crippen molar-refractivity contribution in [2.75, 3.05) is 25.1 Å². The lowest BCUT2D eigenvalue weighted by atomic mass is 10.1. The highest BCUT2D eigenvalue weighted by molar-refractivity contribution is 7.92. The van der Waals surface area contributed by atoms with Gasteiger partial charge in [-0.15, -0.1) is 0 Å². The largest absolute Gasteiger partial charge is 0.497 e. The first-order valence-electron chi connectivity index (χ1n) is 13.3. The maximum Gasteiger partial charge on any atom is 0.264 e. The summed E-state index contributed by atoms with van der Waals surface area (Å²) < 4.78 is 40.0. The molecule has 0 saturated carbocycles. The normalized spacial score (nSPS) is 12.0. The molecule has 226 valence electrons. The van der Waals surface area contributed by atoms with Gasteiger partial charge in [-0.2, -0.15) is 0 Å². The molecule has 9 nitrogen and oxygen atoms in total. The summed E-state index contributed by atoms with van der Waals surface area (Å²) in [5.41, 5.74) is 0.639. The van der Waals surface area contributed by atoms with Crippen molar-refractivity contribution < 1.29 is 27.5 Å². The molecule has 0 bridgehead atoms. The molecule has 2 amide bonds. The number of carbonyl (C=O) groups is 2. The molecule has 0 spiro atoms. The van der Waals surface area contributed by atoms with Crippen LogP contribution >= 0.6 is 23.2 Å². The molecule has 3 aromatic rings. The van der Waals surface area contributed by atoms with E-state index in [4.69, 9.17) is 32.7 Å². The third-order valence-corrected chi connectivity index (χ3v) is 8.80. The Bertz CT molecular complexity index is 1500. The third-order valence-electron chi connectivity index (χ3n) is 6.44. The summed E-state index contributed by atoms with van der Waals surface area (Å²) in [5.74, 6) is -0.433. The van der Waals surface area contributed by atoms with Gasteiger partial charge in [0.1, 0.15) is 24.1 Å². The molecule has 12 heteroatoms. The van der Waals surface area contributed by atoms with Crippen molar-refractivity contribution in [1.82, 2.24) is 10.2 Å². The fraction of sp³-hybridized carbons (Fsp3) is 0.333. The number of nitrogens with one attached hydrogen (secondary N) is 1. The van der Waals surface area contributed by atoms with Gasteiger partial charge in [0.05, 0.1) is 24.8 Å². The maximum absolute atomic E-state index is 14.2.